The van der Waals surface area contributed by atoms with E-state index in [0.29, 0.717) is 50.9 Å². The third-order valence-corrected chi connectivity index (χ3v) is 6.73. The molecular formula is C24H32N6O5S. The lowest BCUT2D eigenvalue weighted by molar-refractivity contribution is -0.142. The number of hydrogen-bond acceptors (Lipinski definition) is 9. The average molecular weight is 517 g/mol. The Hall–Kier alpha value is -3.09. The molecule has 0 unspecified atom stereocenters. The Kier molecular flexibility index (Phi) is 9.20. The summed E-state index contributed by atoms with van der Waals surface area (Å²) in [6, 6.07) is 6.52. The van der Waals surface area contributed by atoms with Crippen molar-refractivity contribution in [1.29, 1.82) is 0 Å². The van der Waals surface area contributed by atoms with Crippen LogP contribution in [0.2, 0.25) is 0 Å². The van der Waals surface area contributed by atoms with Crippen molar-refractivity contribution in [2.24, 2.45) is 0 Å². The van der Waals surface area contributed by atoms with E-state index in [1.165, 1.54) is 16.1 Å². The lowest BCUT2D eigenvalue weighted by Gasteiger charge is -2.30. The van der Waals surface area contributed by atoms with Crippen LogP contribution in [0.1, 0.15) is 42.9 Å². The van der Waals surface area contributed by atoms with Gasteiger partial charge in [0.05, 0.1) is 6.10 Å². The molecule has 4 heterocycles. The molecule has 11 nitrogen and oxygen atoms in total. The van der Waals surface area contributed by atoms with E-state index in [-0.39, 0.29) is 24.5 Å². The summed E-state index contributed by atoms with van der Waals surface area (Å²) in [7, 11) is 0. The molecule has 0 radical (unpaired) electrons. The standard InChI is InChI=1S/C24H32N6O5S/c1-3-33-12-6-11-29(21(31)16-30-27-23(26-28-30)19-10-9-17(2)35-19)22(20-8-5-14-36-20)24(32)25-15-18-7-4-13-34-18/h5,8-10,14,18,22H,3-4,6-7,11-13,15-16H2,1-2H3,(H,25,32)/t18-,22-/m1/s1. The van der Waals surface area contributed by atoms with Gasteiger partial charge in [0.15, 0.2) is 5.76 Å². The summed E-state index contributed by atoms with van der Waals surface area (Å²) in [6.07, 6.45) is 2.49. The number of tetrazole rings is 1. The lowest BCUT2D eigenvalue weighted by Crippen LogP contribution is -2.46. The molecule has 3 aromatic heterocycles. The van der Waals surface area contributed by atoms with Gasteiger partial charge in [-0.1, -0.05) is 6.07 Å². The number of amides is 2. The highest BCUT2D eigenvalue weighted by molar-refractivity contribution is 7.10. The van der Waals surface area contributed by atoms with E-state index in [9.17, 15) is 9.59 Å². The summed E-state index contributed by atoms with van der Waals surface area (Å²) < 4.78 is 16.7. The van der Waals surface area contributed by atoms with E-state index in [1.54, 1.807) is 11.0 Å². The number of hydrogen-bond donors (Lipinski definition) is 1. The van der Waals surface area contributed by atoms with Crippen LogP contribution in [0, 0.1) is 6.92 Å². The fourth-order valence-electron chi connectivity index (χ4n) is 4.04. The van der Waals surface area contributed by atoms with Crippen molar-refractivity contribution in [3.8, 4) is 11.6 Å². The van der Waals surface area contributed by atoms with Crippen LogP contribution >= 0.6 is 11.3 Å². The number of thiophene rings is 1. The highest BCUT2D eigenvalue weighted by Crippen LogP contribution is 2.27. The van der Waals surface area contributed by atoms with Crippen molar-refractivity contribution in [3.63, 3.8) is 0 Å². The Morgan fingerprint density at radius 3 is 2.94 bits per heavy atom. The smallest absolute Gasteiger partial charge is 0.248 e. The Bertz CT molecular complexity index is 1110. The minimum absolute atomic E-state index is 0.00282. The first-order valence-corrected chi connectivity index (χ1v) is 13.1. The summed E-state index contributed by atoms with van der Waals surface area (Å²) in [5, 5.41) is 17.2. The Labute approximate surface area is 213 Å². The van der Waals surface area contributed by atoms with Gasteiger partial charge >= 0.3 is 0 Å². The zero-order valence-corrected chi connectivity index (χ0v) is 21.4. The van der Waals surface area contributed by atoms with Gasteiger partial charge in [-0.25, -0.2) is 0 Å². The second-order valence-electron chi connectivity index (χ2n) is 8.49. The monoisotopic (exact) mass is 516 g/mol. The minimum atomic E-state index is -0.781. The van der Waals surface area contributed by atoms with Gasteiger partial charge in [-0.05, 0) is 61.9 Å². The van der Waals surface area contributed by atoms with Crippen molar-refractivity contribution in [2.75, 3.05) is 32.9 Å². The van der Waals surface area contributed by atoms with E-state index in [0.717, 1.165) is 23.5 Å². The molecule has 4 rings (SSSR count). The fraction of sp³-hybridized carbons (Fsp3) is 0.542. The number of ether oxygens (including phenoxy) is 2. The molecule has 0 aliphatic carbocycles. The number of aryl methyl sites for hydroxylation is 1. The molecular weight excluding hydrogens is 484 g/mol. The predicted octanol–water partition coefficient (Wildman–Crippen LogP) is 2.59. The van der Waals surface area contributed by atoms with Crippen molar-refractivity contribution < 1.29 is 23.5 Å². The fourth-order valence-corrected chi connectivity index (χ4v) is 4.88. The molecule has 0 spiro atoms. The van der Waals surface area contributed by atoms with Gasteiger partial charge in [-0.15, -0.1) is 21.5 Å². The Morgan fingerprint density at radius 1 is 1.36 bits per heavy atom. The molecule has 1 aliphatic rings. The van der Waals surface area contributed by atoms with E-state index >= 15 is 0 Å². The number of rotatable bonds is 13. The van der Waals surface area contributed by atoms with Crippen LogP contribution in [0.3, 0.4) is 0 Å². The first-order chi connectivity index (χ1) is 17.5. The molecule has 3 aromatic rings. The normalized spacial score (nSPS) is 16.2. The third-order valence-electron chi connectivity index (χ3n) is 5.80. The van der Waals surface area contributed by atoms with Crippen LogP contribution in [-0.2, 0) is 25.6 Å². The summed E-state index contributed by atoms with van der Waals surface area (Å²) >= 11 is 1.44. The van der Waals surface area contributed by atoms with Crippen LogP contribution < -0.4 is 5.32 Å². The summed E-state index contributed by atoms with van der Waals surface area (Å²) in [5.41, 5.74) is 0. The summed E-state index contributed by atoms with van der Waals surface area (Å²) in [4.78, 5) is 30.6. The summed E-state index contributed by atoms with van der Waals surface area (Å²) in [6.45, 7) is 6.12. The number of furan rings is 1. The molecule has 2 atom stereocenters. The Balaban J connectivity index is 1.51. The predicted molar refractivity (Wildman–Crippen MR) is 132 cm³/mol. The van der Waals surface area contributed by atoms with Crippen LogP contribution in [0.4, 0.5) is 0 Å². The molecule has 0 aromatic carbocycles. The molecule has 1 aliphatic heterocycles. The topological polar surface area (TPSA) is 125 Å². The van der Waals surface area contributed by atoms with Crippen LogP contribution in [0.25, 0.3) is 11.6 Å². The second-order valence-corrected chi connectivity index (χ2v) is 9.47. The van der Waals surface area contributed by atoms with Crippen molar-refractivity contribution in [3.05, 3.63) is 40.3 Å². The van der Waals surface area contributed by atoms with Crippen molar-refractivity contribution in [1.82, 2.24) is 30.4 Å². The number of nitrogens with zero attached hydrogens (tertiary/aromatic N) is 5. The van der Waals surface area contributed by atoms with Gasteiger partial charge in [0.25, 0.3) is 0 Å². The summed E-state index contributed by atoms with van der Waals surface area (Å²) in [5.74, 6) is 0.964. The van der Waals surface area contributed by atoms with Crippen LogP contribution in [-0.4, -0.2) is 75.9 Å². The maximum Gasteiger partial charge on any atom is 0.248 e. The molecule has 1 saturated heterocycles. The zero-order chi connectivity index (χ0) is 25.3. The van der Waals surface area contributed by atoms with E-state index in [2.05, 4.69) is 20.7 Å². The van der Waals surface area contributed by atoms with Crippen LogP contribution in [0.5, 0.6) is 0 Å². The first-order valence-electron chi connectivity index (χ1n) is 12.2. The molecule has 1 N–H and O–H groups in total. The number of nitrogens with one attached hydrogen (secondary N) is 1. The van der Waals surface area contributed by atoms with Gasteiger partial charge in [0.1, 0.15) is 18.3 Å². The molecule has 12 heteroatoms. The van der Waals surface area contributed by atoms with Gasteiger partial charge in [-0.2, -0.15) is 4.80 Å². The molecule has 0 bridgehead atoms. The van der Waals surface area contributed by atoms with E-state index in [1.807, 2.05) is 37.4 Å². The third kappa shape index (κ3) is 6.77. The van der Waals surface area contributed by atoms with Gasteiger partial charge < -0.3 is 24.1 Å². The minimum Gasteiger partial charge on any atom is -0.458 e. The maximum atomic E-state index is 13.6. The van der Waals surface area contributed by atoms with E-state index < -0.39 is 6.04 Å². The average Bonchev–Trinajstić information content (AvgIpc) is 3.67. The quantitative estimate of drug-likeness (QED) is 0.344. The second kappa shape index (κ2) is 12.7. The molecule has 194 valence electrons. The van der Waals surface area contributed by atoms with Gasteiger partial charge in [0, 0.05) is 37.8 Å². The molecule has 1 fully saturated rings. The zero-order valence-electron chi connectivity index (χ0n) is 20.6. The number of aromatic nitrogens is 4. The number of carbonyl (C=O) groups excluding carboxylic acids is 2. The molecule has 0 saturated carbocycles. The SMILES string of the molecule is CCOCCCN(C(=O)Cn1nnc(-c2ccc(C)o2)n1)[C@@H](C(=O)NC[C@H]1CCCO1)c1cccs1. The Morgan fingerprint density at radius 2 is 2.25 bits per heavy atom. The molecule has 2 amide bonds. The lowest BCUT2D eigenvalue weighted by atomic mass is 10.1. The highest BCUT2D eigenvalue weighted by Gasteiger charge is 2.33. The van der Waals surface area contributed by atoms with Gasteiger partial charge in [0.2, 0.25) is 17.6 Å². The van der Waals surface area contributed by atoms with E-state index in [4.69, 9.17) is 13.9 Å². The molecule has 36 heavy (non-hydrogen) atoms. The van der Waals surface area contributed by atoms with Crippen molar-refractivity contribution >= 4 is 23.2 Å². The maximum absolute atomic E-state index is 13.6. The highest BCUT2D eigenvalue weighted by atomic mass is 32.1. The van der Waals surface area contributed by atoms with Gasteiger partial charge in [-0.3, -0.25) is 9.59 Å². The number of carbonyl (C=O) groups is 2. The first kappa shape index (κ1) is 26.0. The largest absolute Gasteiger partial charge is 0.458 e. The van der Waals surface area contributed by atoms with Crippen LogP contribution in [0.15, 0.2) is 34.1 Å². The van der Waals surface area contributed by atoms with Crippen molar-refractivity contribution in [2.45, 2.75) is 51.8 Å².